The molecule has 0 spiro atoms. The van der Waals surface area contributed by atoms with E-state index in [2.05, 4.69) is 23.4 Å². The molecule has 1 aliphatic rings. The lowest BCUT2D eigenvalue weighted by Gasteiger charge is -2.28. The summed E-state index contributed by atoms with van der Waals surface area (Å²) in [5.74, 6) is 1.07. The fraction of sp³-hybridized carbons (Fsp3) is 0.611. The predicted molar refractivity (Wildman–Crippen MR) is 88.0 cm³/mol. The Hall–Kier alpha value is -1.51. The van der Waals surface area contributed by atoms with E-state index in [4.69, 9.17) is 0 Å². The molecular formula is C18H28N2O. The Morgan fingerprint density at radius 2 is 2.14 bits per heavy atom. The zero-order valence-corrected chi connectivity index (χ0v) is 13.2. The van der Waals surface area contributed by atoms with E-state index in [0.29, 0.717) is 0 Å². The molecule has 116 valence electrons. The summed E-state index contributed by atoms with van der Waals surface area (Å²) in [6.45, 7) is 8.52. The van der Waals surface area contributed by atoms with Crippen molar-refractivity contribution in [2.75, 3.05) is 13.1 Å². The first-order valence-electron chi connectivity index (χ1n) is 8.30. The average molecular weight is 288 g/mol. The maximum atomic E-state index is 9.28. The summed E-state index contributed by atoms with van der Waals surface area (Å²) in [6, 6.07) is 3.52. The third-order valence-electron chi connectivity index (χ3n) is 4.47. The third kappa shape index (κ3) is 4.76. The Bertz CT molecular complexity index is 437. The van der Waals surface area contributed by atoms with Crippen LogP contribution in [0.4, 0.5) is 0 Å². The molecule has 0 atom stereocenters. The second kappa shape index (κ2) is 8.06. The number of aromatic nitrogens is 1. The quantitative estimate of drug-likeness (QED) is 0.682. The van der Waals surface area contributed by atoms with Crippen molar-refractivity contribution in [3.8, 4) is 5.88 Å². The Kier molecular flexibility index (Phi) is 6.09. The maximum absolute atomic E-state index is 9.28. The molecule has 2 rings (SSSR count). The summed E-state index contributed by atoms with van der Waals surface area (Å²) in [5.41, 5.74) is 2.02. The molecule has 21 heavy (non-hydrogen) atoms. The molecule has 0 saturated heterocycles. The standard InChI is InChI=1S/C18H28N2O/c1-3-12-20(13-5-4-7-16-8-6-9-16)15(2)17-10-11-18(21)19-14-17/h10-11,14,16H,2-9,12-13H2,1H3,(H,19,21). The molecule has 0 aliphatic heterocycles. The number of pyridine rings is 1. The molecule has 1 heterocycles. The minimum Gasteiger partial charge on any atom is -0.493 e. The molecule has 0 aromatic carbocycles. The lowest BCUT2D eigenvalue weighted by atomic mass is 9.82. The Morgan fingerprint density at radius 3 is 2.71 bits per heavy atom. The Balaban J connectivity index is 1.81. The van der Waals surface area contributed by atoms with Crippen LogP contribution >= 0.6 is 0 Å². The molecule has 1 fully saturated rings. The van der Waals surface area contributed by atoms with E-state index in [9.17, 15) is 5.11 Å². The van der Waals surface area contributed by atoms with Crippen molar-refractivity contribution >= 4 is 5.70 Å². The number of aromatic hydroxyl groups is 1. The van der Waals surface area contributed by atoms with Crippen molar-refractivity contribution in [3.63, 3.8) is 0 Å². The first kappa shape index (κ1) is 15.9. The van der Waals surface area contributed by atoms with Crippen molar-refractivity contribution in [1.82, 2.24) is 9.88 Å². The van der Waals surface area contributed by atoms with Crippen LogP contribution in [-0.2, 0) is 0 Å². The molecule has 0 bridgehead atoms. The van der Waals surface area contributed by atoms with Crippen LogP contribution in [-0.4, -0.2) is 28.1 Å². The average Bonchev–Trinajstić information content (AvgIpc) is 2.44. The zero-order chi connectivity index (χ0) is 15.1. The van der Waals surface area contributed by atoms with Crippen LogP contribution in [0.15, 0.2) is 24.9 Å². The number of hydrogen-bond donors (Lipinski definition) is 1. The molecular weight excluding hydrogens is 260 g/mol. The van der Waals surface area contributed by atoms with Crippen LogP contribution in [0.1, 0.15) is 57.4 Å². The molecule has 3 nitrogen and oxygen atoms in total. The zero-order valence-electron chi connectivity index (χ0n) is 13.2. The first-order valence-corrected chi connectivity index (χ1v) is 8.30. The van der Waals surface area contributed by atoms with Gasteiger partial charge in [0.25, 0.3) is 0 Å². The van der Waals surface area contributed by atoms with Gasteiger partial charge >= 0.3 is 0 Å². The molecule has 3 heteroatoms. The molecule has 1 aliphatic carbocycles. The van der Waals surface area contributed by atoms with Crippen LogP contribution in [0.2, 0.25) is 0 Å². The highest BCUT2D eigenvalue weighted by atomic mass is 16.3. The van der Waals surface area contributed by atoms with Gasteiger partial charge in [-0.25, -0.2) is 4.98 Å². The second-order valence-corrected chi connectivity index (χ2v) is 6.13. The van der Waals surface area contributed by atoms with Crippen molar-refractivity contribution in [2.24, 2.45) is 5.92 Å². The second-order valence-electron chi connectivity index (χ2n) is 6.13. The maximum Gasteiger partial charge on any atom is 0.210 e. The van der Waals surface area contributed by atoms with E-state index in [-0.39, 0.29) is 5.88 Å². The van der Waals surface area contributed by atoms with Crippen LogP contribution in [0.25, 0.3) is 5.70 Å². The van der Waals surface area contributed by atoms with Gasteiger partial charge < -0.3 is 10.0 Å². The van der Waals surface area contributed by atoms with Gasteiger partial charge in [0.05, 0.1) is 0 Å². The van der Waals surface area contributed by atoms with Gasteiger partial charge in [-0.15, -0.1) is 0 Å². The van der Waals surface area contributed by atoms with Gasteiger partial charge in [0, 0.05) is 36.6 Å². The summed E-state index contributed by atoms with van der Waals surface area (Å²) >= 11 is 0. The van der Waals surface area contributed by atoms with Crippen LogP contribution in [0.3, 0.4) is 0 Å². The largest absolute Gasteiger partial charge is 0.493 e. The minimum absolute atomic E-state index is 0.0640. The van der Waals surface area contributed by atoms with E-state index in [1.165, 1.54) is 38.5 Å². The molecule has 0 radical (unpaired) electrons. The van der Waals surface area contributed by atoms with Gasteiger partial charge in [0.1, 0.15) is 0 Å². The van der Waals surface area contributed by atoms with Gasteiger partial charge in [-0.3, -0.25) is 0 Å². The summed E-state index contributed by atoms with van der Waals surface area (Å²) in [5, 5.41) is 9.28. The minimum atomic E-state index is 0.0640. The van der Waals surface area contributed by atoms with Gasteiger partial charge in [-0.05, 0) is 24.8 Å². The SMILES string of the molecule is C=C(c1ccc(O)nc1)N(CCC)CCCCC1CCC1. The first-order chi connectivity index (χ1) is 10.2. The summed E-state index contributed by atoms with van der Waals surface area (Å²) in [6.07, 6.45) is 11.1. The molecule has 0 amide bonds. The highest BCUT2D eigenvalue weighted by Gasteiger charge is 2.16. The van der Waals surface area contributed by atoms with E-state index in [0.717, 1.165) is 36.7 Å². The van der Waals surface area contributed by atoms with Gasteiger partial charge in [-0.1, -0.05) is 45.6 Å². The summed E-state index contributed by atoms with van der Waals surface area (Å²) < 4.78 is 0. The lowest BCUT2D eigenvalue weighted by molar-refractivity contribution is 0.280. The molecule has 1 N–H and O–H groups in total. The highest BCUT2D eigenvalue weighted by Crippen LogP contribution is 2.31. The van der Waals surface area contributed by atoms with Crippen molar-refractivity contribution < 1.29 is 5.11 Å². The monoisotopic (exact) mass is 288 g/mol. The molecule has 1 aromatic heterocycles. The molecule has 1 saturated carbocycles. The normalized spacial score (nSPS) is 14.7. The van der Waals surface area contributed by atoms with Gasteiger partial charge in [-0.2, -0.15) is 0 Å². The van der Waals surface area contributed by atoms with Crippen LogP contribution in [0.5, 0.6) is 5.88 Å². The number of hydrogen-bond acceptors (Lipinski definition) is 3. The van der Waals surface area contributed by atoms with Crippen molar-refractivity contribution in [3.05, 3.63) is 30.5 Å². The van der Waals surface area contributed by atoms with E-state index < -0.39 is 0 Å². The van der Waals surface area contributed by atoms with E-state index >= 15 is 0 Å². The van der Waals surface area contributed by atoms with Gasteiger partial charge in [0.2, 0.25) is 5.88 Å². The third-order valence-corrected chi connectivity index (χ3v) is 4.47. The van der Waals surface area contributed by atoms with Gasteiger partial charge in [0.15, 0.2) is 0 Å². The van der Waals surface area contributed by atoms with E-state index in [1.54, 1.807) is 12.3 Å². The number of rotatable bonds is 9. The highest BCUT2D eigenvalue weighted by molar-refractivity contribution is 5.61. The number of nitrogens with zero attached hydrogens (tertiary/aromatic N) is 2. The smallest absolute Gasteiger partial charge is 0.210 e. The fourth-order valence-electron chi connectivity index (χ4n) is 2.91. The van der Waals surface area contributed by atoms with Crippen LogP contribution in [0, 0.1) is 5.92 Å². The van der Waals surface area contributed by atoms with Crippen molar-refractivity contribution in [1.29, 1.82) is 0 Å². The molecule has 0 unspecified atom stereocenters. The summed E-state index contributed by atoms with van der Waals surface area (Å²) in [4.78, 5) is 6.31. The van der Waals surface area contributed by atoms with Crippen LogP contribution < -0.4 is 0 Å². The predicted octanol–water partition coefficient (Wildman–Crippen LogP) is 4.44. The Labute approximate surface area is 128 Å². The van der Waals surface area contributed by atoms with Crippen molar-refractivity contribution in [2.45, 2.75) is 51.9 Å². The molecule has 1 aromatic rings. The van der Waals surface area contributed by atoms with E-state index in [1.807, 2.05) is 6.07 Å². The number of unbranched alkanes of at least 4 members (excludes halogenated alkanes) is 1. The fourth-order valence-corrected chi connectivity index (χ4v) is 2.91. The Morgan fingerprint density at radius 1 is 1.33 bits per heavy atom. The topological polar surface area (TPSA) is 36.4 Å². The summed E-state index contributed by atoms with van der Waals surface area (Å²) in [7, 11) is 0. The lowest BCUT2D eigenvalue weighted by Crippen LogP contribution is -2.24.